The van der Waals surface area contributed by atoms with Crippen LogP contribution in [0, 0.1) is 0 Å². The number of unbranched alkanes of at least 4 members (excludes halogenated alkanes) is 30. The molecule has 48 heteroatoms. The van der Waals surface area contributed by atoms with Gasteiger partial charge in [0.15, 0.2) is 50.3 Å². The zero-order valence-corrected chi connectivity index (χ0v) is 90.1. The van der Waals surface area contributed by atoms with Gasteiger partial charge in [-0.1, -0.05) is 248 Å². The Morgan fingerprint density at radius 2 is 0.207 bits per heavy atom. The third-order valence-corrected chi connectivity index (χ3v) is 26.5. The first-order valence-electron chi connectivity index (χ1n) is 55.3. The second-order valence-electron chi connectivity index (χ2n) is 39.2. The molecule has 0 amide bonds. The minimum absolute atomic E-state index is 0.419. The summed E-state index contributed by atoms with van der Waals surface area (Å²) < 4.78 is 84.7. The van der Waals surface area contributed by atoms with Crippen molar-refractivity contribution in [3.63, 3.8) is 0 Å². The third kappa shape index (κ3) is 55.2. The molecule has 0 aromatic carbocycles. The summed E-state index contributed by atoms with van der Waals surface area (Å²) in [5.74, 6) is 0. The quantitative estimate of drug-likeness (QED) is 0.0278. The van der Waals surface area contributed by atoms with E-state index in [4.69, 9.17) is 117 Å². The number of rotatable bonds is 62. The van der Waals surface area contributed by atoms with Crippen LogP contribution in [0.1, 0.15) is 299 Å². The molecule has 0 radical (unpaired) electrons. The summed E-state index contributed by atoms with van der Waals surface area (Å²) in [6.07, 6.45) is -6.25. The maximum absolute atomic E-state index is 9.75. The summed E-state index contributed by atoms with van der Waals surface area (Å²) >= 11 is 0. The van der Waals surface area contributed by atoms with Gasteiger partial charge in [-0.2, -0.15) is 0 Å². The lowest BCUT2D eigenvalue weighted by Crippen LogP contribution is -2.59. The fraction of sp³-hybridized carbons (Fsp3) is 1.00. The predicted octanol–water partition coefficient (Wildman–Crippen LogP) is -2.59. The van der Waals surface area contributed by atoms with Crippen LogP contribution in [0.5, 0.6) is 0 Å². The highest BCUT2D eigenvalue weighted by Gasteiger charge is 2.52. The number of aliphatic hydroxyl groups is 32. The second kappa shape index (κ2) is 88.7. The molecule has 8 fully saturated rings. The maximum Gasteiger partial charge on any atom is 0.186 e. The Balaban J connectivity index is 0.000000857. The van der Waals surface area contributed by atoms with Crippen molar-refractivity contribution in [2.45, 2.75) is 545 Å². The zero-order chi connectivity index (χ0) is 113. The van der Waals surface area contributed by atoms with Gasteiger partial charge in [-0.3, -0.25) is 0 Å². The Hall–Kier alpha value is -1.92. The SMILES string of the molecule is CCCCCCCCO[C@@H]1OC(CO)[C@H](O)[C@H](O)C1O.CCCCCCCCO[C@@H]1OC(CO)[C@H](O)[C@H](O)C1O.CCCCCCCO[C@@H]1OC(CO)[C@H](O)[C@H](O)C1O.CCCCCCCO[C@H]1OC(CO)[C@H](O)[C@H](O)C1O.CCCCCCO[C@@H]1OC(CO)[C@H](O)[C@H](O)C1O.CCCCCCO[C@@H]1OC(CO)[C@H](O)[C@H](O)C1O.CCCCCCO[C@@H]1OC(CO)[C@H](O)[C@H](O)C1O.CCCCCCO[C@@H]1OC(CO)[C@H](O)[C@H](O)C1O. The molecule has 8 aliphatic rings. The van der Waals surface area contributed by atoms with Crippen molar-refractivity contribution in [3.05, 3.63) is 0 Å². The van der Waals surface area contributed by atoms with Crippen molar-refractivity contribution < 1.29 is 239 Å². The van der Waals surface area contributed by atoms with Crippen LogP contribution in [0.2, 0.25) is 0 Å². The topological polar surface area (TPSA) is 795 Å². The molecule has 8 saturated heterocycles. The highest BCUT2D eigenvalue weighted by atomic mass is 16.8. The molecule has 900 valence electrons. The summed E-state index contributed by atoms with van der Waals surface area (Å²) in [4.78, 5) is 0. The summed E-state index contributed by atoms with van der Waals surface area (Å²) in [6, 6.07) is 0. The van der Waals surface area contributed by atoms with E-state index in [1.165, 1.54) is 64.2 Å². The van der Waals surface area contributed by atoms with Gasteiger partial charge in [0.25, 0.3) is 0 Å². The Labute approximate surface area is 886 Å². The van der Waals surface area contributed by atoms with Crippen LogP contribution in [-0.2, 0) is 75.8 Å². The van der Waals surface area contributed by atoms with E-state index in [1.807, 2.05) is 0 Å². The summed E-state index contributed by atoms with van der Waals surface area (Å²) in [7, 11) is 0. The average Bonchev–Trinajstić information content (AvgIpc) is 0.862. The molecular formula is C102H204O48. The van der Waals surface area contributed by atoms with Crippen molar-refractivity contribution in [1.82, 2.24) is 0 Å². The van der Waals surface area contributed by atoms with E-state index >= 15 is 0 Å². The molecule has 16 unspecified atom stereocenters. The van der Waals surface area contributed by atoms with Gasteiger partial charge in [0.2, 0.25) is 0 Å². The van der Waals surface area contributed by atoms with Gasteiger partial charge in [0.1, 0.15) is 195 Å². The molecule has 150 heavy (non-hydrogen) atoms. The summed E-state index contributed by atoms with van der Waals surface area (Å²) in [5.41, 5.74) is 0. The summed E-state index contributed by atoms with van der Waals surface area (Å²) in [6.45, 7) is 17.0. The van der Waals surface area contributed by atoms with Crippen LogP contribution < -0.4 is 0 Å². The molecule has 0 aromatic rings. The van der Waals surface area contributed by atoms with Crippen molar-refractivity contribution in [2.75, 3.05) is 106 Å². The van der Waals surface area contributed by atoms with Gasteiger partial charge in [0.05, 0.1) is 52.9 Å². The van der Waals surface area contributed by atoms with E-state index in [2.05, 4.69) is 55.4 Å². The molecule has 0 saturated carbocycles. The molecule has 48 nitrogen and oxygen atoms in total. The Morgan fingerprint density at radius 1 is 0.120 bits per heavy atom. The van der Waals surface area contributed by atoms with Crippen LogP contribution in [0.15, 0.2) is 0 Å². The van der Waals surface area contributed by atoms with Crippen LogP contribution >= 0.6 is 0 Å². The highest BCUT2D eigenvalue weighted by Crippen LogP contribution is 2.32. The molecule has 8 aliphatic heterocycles. The molecular weight excluding hydrogens is 1990 g/mol. The number of ether oxygens (including phenoxy) is 16. The number of hydrogen-bond donors (Lipinski definition) is 32. The zero-order valence-electron chi connectivity index (χ0n) is 90.1. The van der Waals surface area contributed by atoms with Crippen molar-refractivity contribution in [2.24, 2.45) is 0 Å². The van der Waals surface area contributed by atoms with E-state index < -0.39 is 299 Å². The maximum atomic E-state index is 9.75. The Bertz CT molecular complexity index is 2710. The van der Waals surface area contributed by atoms with Crippen LogP contribution in [0.3, 0.4) is 0 Å². The van der Waals surface area contributed by atoms with Gasteiger partial charge >= 0.3 is 0 Å². The normalized spacial score (nSPS) is 35.8. The van der Waals surface area contributed by atoms with Gasteiger partial charge in [-0.25, -0.2) is 0 Å². The van der Waals surface area contributed by atoms with Crippen molar-refractivity contribution >= 4 is 0 Å². The van der Waals surface area contributed by atoms with E-state index in [0.29, 0.717) is 52.9 Å². The molecule has 8 rings (SSSR count). The number of aliphatic hydroxyl groups excluding tert-OH is 32. The van der Waals surface area contributed by atoms with Crippen molar-refractivity contribution in [3.8, 4) is 0 Å². The lowest BCUT2D eigenvalue weighted by atomic mass is 9.99. The predicted molar refractivity (Wildman–Crippen MR) is 539 cm³/mol. The smallest absolute Gasteiger partial charge is 0.186 e. The molecule has 0 aromatic heterocycles. The molecule has 0 spiro atoms. The Kier molecular flexibility index (Phi) is 86.4. The lowest BCUT2D eigenvalue weighted by Gasteiger charge is -2.39. The van der Waals surface area contributed by atoms with Crippen LogP contribution in [-0.4, -0.2) is 515 Å². The second-order valence-corrected chi connectivity index (χ2v) is 39.2. The van der Waals surface area contributed by atoms with Gasteiger partial charge in [-0.15, -0.1) is 0 Å². The highest BCUT2D eigenvalue weighted by molar-refractivity contribution is 4.96. The third-order valence-electron chi connectivity index (χ3n) is 26.5. The summed E-state index contributed by atoms with van der Waals surface area (Å²) in [5, 5.41) is 303. The molecule has 8 heterocycles. The standard InChI is InChI=1S/2C14H28O6.2C13H26O6.4C12H24O6/c2*1-2-3-4-5-6-7-8-19-14-13(18)12(17)11(16)10(9-15)20-14;2*1-2-3-4-5-6-7-18-13-12(17)11(16)10(15)9(8-14)19-13;4*1-2-3-4-5-6-17-12-11(16)10(15)9(14)8(7-13)18-12/h2*10-18H,2-9H2,1H3;2*9-17H,2-8H2,1H3;4*8-16H,2-7H2,1H3/t2*10?,11-,12-,13?,14+;9?,10-,11-,12?,13+;9?,10-,11-,12?,13-;4*8?,9-,10-,11?,12+/m00000000/s1. The largest absolute Gasteiger partial charge is 0.394 e. The molecule has 40 atom stereocenters. The van der Waals surface area contributed by atoms with E-state index in [9.17, 15) is 123 Å². The lowest BCUT2D eigenvalue weighted by molar-refractivity contribution is -0.301. The fourth-order valence-corrected chi connectivity index (χ4v) is 16.5. The van der Waals surface area contributed by atoms with Gasteiger partial charge in [0, 0.05) is 52.9 Å². The minimum Gasteiger partial charge on any atom is -0.394 e. The van der Waals surface area contributed by atoms with Crippen molar-refractivity contribution in [1.29, 1.82) is 0 Å². The van der Waals surface area contributed by atoms with Gasteiger partial charge < -0.3 is 239 Å². The van der Waals surface area contributed by atoms with E-state index in [-0.39, 0.29) is 0 Å². The first-order valence-corrected chi connectivity index (χ1v) is 55.3. The van der Waals surface area contributed by atoms with Crippen LogP contribution in [0.4, 0.5) is 0 Å². The first-order chi connectivity index (χ1) is 71.9. The van der Waals surface area contributed by atoms with Gasteiger partial charge in [-0.05, 0) is 51.4 Å². The van der Waals surface area contributed by atoms with Crippen LogP contribution in [0.25, 0.3) is 0 Å². The fourth-order valence-electron chi connectivity index (χ4n) is 16.5. The van der Waals surface area contributed by atoms with E-state index in [1.54, 1.807) is 0 Å². The monoisotopic (exact) mass is 2200 g/mol. The minimum atomic E-state index is -1.37. The first kappa shape index (κ1) is 146. The molecule has 32 N–H and O–H groups in total. The average molecular weight is 2200 g/mol. The van der Waals surface area contributed by atoms with E-state index in [0.717, 1.165) is 180 Å². The molecule has 0 bridgehead atoms. The molecule has 0 aliphatic carbocycles. The number of hydrogen-bond acceptors (Lipinski definition) is 48. The Morgan fingerprint density at radius 3 is 0.300 bits per heavy atom.